The molecule has 0 aliphatic rings. The van der Waals surface area contributed by atoms with Gasteiger partial charge in [0.1, 0.15) is 0 Å². The third kappa shape index (κ3) is 10.7. The van der Waals surface area contributed by atoms with Gasteiger partial charge in [0.15, 0.2) is 0 Å². The van der Waals surface area contributed by atoms with Crippen molar-refractivity contribution < 1.29 is 23.4 Å². The lowest BCUT2D eigenvalue weighted by atomic mass is 10.9. The summed E-state index contributed by atoms with van der Waals surface area (Å²) in [6.07, 6.45) is 0. The maximum Gasteiger partial charge on any atom is 0.325 e. The Kier molecular flexibility index (Phi) is 5.07. The minimum atomic E-state index is -3.43. The summed E-state index contributed by atoms with van der Waals surface area (Å²) in [6.45, 7) is -0.793. The van der Waals surface area contributed by atoms with E-state index in [4.69, 9.17) is 9.79 Å². The molecule has 2 N–H and O–H groups in total. The first-order chi connectivity index (χ1) is 5.21. The van der Waals surface area contributed by atoms with Gasteiger partial charge in [-0.1, -0.05) is 11.4 Å². The molecule has 0 amide bonds. The number of hydrogen-bond donors (Lipinski definition) is 2. The Balaban J connectivity index is 3.48. The molecule has 2 unspecified atom stereocenters. The molecule has 0 saturated carbocycles. The second-order valence-corrected chi connectivity index (χ2v) is 9.22. The average molecular weight is 234 g/mol. The molecule has 0 saturated heterocycles. The zero-order valence-corrected chi connectivity index (χ0v) is 9.44. The van der Waals surface area contributed by atoms with Crippen LogP contribution in [0, 0.1) is 0 Å². The van der Waals surface area contributed by atoms with Crippen LogP contribution in [0.4, 0.5) is 0 Å². The van der Waals surface area contributed by atoms with E-state index in [2.05, 4.69) is 4.52 Å². The molecule has 0 fully saturated rings. The van der Waals surface area contributed by atoms with Crippen molar-refractivity contribution in [2.45, 2.75) is 0 Å². The van der Waals surface area contributed by atoms with Crippen LogP contribution in [-0.4, -0.2) is 35.5 Å². The van der Waals surface area contributed by atoms with Gasteiger partial charge in [-0.15, -0.1) is 0 Å². The van der Waals surface area contributed by atoms with Crippen LogP contribution in [0.3, 0.4) is 0 Å². The summed E-state index contributed by atoms with van der Waals surface area (Å²) in [5.74, 6) is 0.239. The average Bonchev–Trinajstić information content (AvgIpc) is 1.76. The molecule has 0 rings (SSSR count). The van der Waals surface area contributed by atoms with Crippen LogP contribution >= 0.6 is 25.5 Å². The monoisotopic (exact) mass is 234 g/mol. The lowest BCUT2D eigenvalue weighted by Gasteiger charge is -2.07. The predicted molar refractivity (Wildman–Crippen MR) is 49.9 cm³/mol. The van der Waals surface area contributed by atoms with Crippen molar-refractivity contribution in [1.82, 2.24) is 0 Å². The second-order valence-electron chi connectivity index (χ2n) is 2.27. The zero-order valence-electron chi connectivity index (χ0n) is 6.84. The van der Waals surface area contributed by atoms with Crippen molar-refractivity contribution in [2.24, 2.45) is 0 Å². The Morgan fingerprint density at radius 1 is 1.33 bits per heavy atom. The Labute approximate surface area is 75.2 Å². The van der Waals surface area contributed by atoms with Crippen LogP contribution in [0.15, 0.2) is 0 Å². The Bertz CT molecular complexity index is 193. The number of rotatable bonds is 5. The van der Waals surface area contributed by atoms with Crippen molar-refractivity contribution in [3.05, 3.63) is 0 Å². The molecule has 0 radical (unpaired) electrons. The van der Waals surface area contributed by atoms with Gasteiger partial charge in [0.05, 0.1) is 6.61 Å². The minimum absolute atomic E-state index is 0.00728. The van der Waals surface area contributed by atoms with E-state index in [0.717, 1.165) is 18.0 Å². The van der Waals surface area contributed by atoms with Gasteiger partial charge in [-0.2, -0.15) is 0 Å². The van der Waals surface area contributed by atoms with Crippen LogP contribution in [0.1, 0.15) is 0 Å². The normalized spacial score (nSPS) is 21.3. The molecule has 0 bridgehead atoms. The zero-order chi connectivity index (χ0) is 9.83. The molecule has 0 spiro atoms. The molecule has 12 heavy (non-hydrogen) atoms. The smallest absolute Gasteiger partial charge is 0.325 e. The molecule has 2 atom stereocenters. The van der Waals surface area contributed by atoms with E-state index in [-0.39, 0.29) is 12.4 Å². The van der Waals surface area contributed by atoms with Crippen molar-refractivity contribution >= 4 is 25.5 Å². The van der Waals surface area contributed by atoms with Crippen LogP contribution in [0.2, 0.25) is 0 Å². The molecule has 0 aliphatic carbocycles. The van der Waals surface area contributed by atoms with Crippen molar-refractivity contribution in [2.75, 3.05) is 25.7 Å². The van der Waals surface area contributed by atoms with Gasteiger partial charge in [0.2, 0.25) is 0 Å². The summed E-state index contributed by atoms with van der Waals surface area (Å²) in [4.78, 5) is 17.4. The summed E-state index contributed by atoms with van der Waals surface area (Å²) in [5, 5.41) is 0. The van der Waals surface area contributed by atoms with Crippen LogP contribution in [0.25, 0.3) is 0 Å². The van der Waals surface area contributed by atoms with Crippen molar-refractivity contribution in [3.63, 3.8) is 0 Å². The van der Waals surface area contributed by atoms with E-state index in [1.54, 1.807) is 0 Å². The minimum Gasteiger partial charge on any atom is -0.337 e. The first-order valence-electron chi connectivity index (χ1n) is 3.10. The van der Waals surface area contributed by atoms with E-state index >= 15 is 0 Å². The maximum absolute atomic E-state index is 10.7. The van der Waals surface area contributed by atoms with E-state index < -0.39 is 14.2 Å². The lowest BCUT2D eigenvalue weighted by Crippen LogP contribution is -1.94. The third-order valence-electron chi connectivity index (χ3n) is 0.745. The van der Waals surface area contributed by atoms with Gasteiger partial charge >= 0.3 is 7.60 Å². The summed E-state index contributed by atoms with van der Waals surface area (Å²) in [6, 6.07) is 0. The SMILES string of the molecule is CP(=O)(O)OCCSP(C)(=O)O. The fourth-order valence-electron chi connectivity index (χ4n) is 0.413. The standard InChI is InChI=1S/C4H12O5P2S/c1-10(5,6)9-3-4-12-11(2,7)8/h3-4H2,1-2H3,(H,5,6)(H,7,8). The third-order valence-corrected chi connectivity index (χ3v) is 4.22. The van der Waals surface area contributed by atoms with E-state index in [9.17, 15) is 9.13 Å². The topological polar surface area (TPSA) is 83.8 Å². The van der Waals surface area contributed by atoms with Gasteiger partial charge in [0.25, 0.3) is 6.57 Å². The van der Waals surface area contributed by atoms with E-state index in [0.29, 0.717) is 0 Å². The first-order valence-corrected chi connectivity index (χ1v) is 8.82. The van der Waals surface area contributed by atoms with Crippen LogP contribution in [0.5, 0.6) is 0 Å². The molecular weight excluding hydrogens is 222 g/mol. The highest BCUT2D eigenvalue weighted by Crippen LogP contribution is 2.50. The maximum atomic E-state index is 10.7. The van der Waals surface area contributed by atoms with E-state index in [1.165, 1.54) is 6.66 Å². The molecule has 0 heterocycles. The predicted octanol–water partition coefficient (Wildman–Crippen LogP) is 1.37. The van der Waals surface area contributed by atoms with Crippen LogP contribution < -0.4 is 0 Å². The largest absolute Gasteiger partial charge is 0.337 e. The second kappa shape index (κ2) is 4.80. The number of hydrogen-bond acceptors (Lipinski definition) is 4. The molecule has 0 aromatic heterocycles. The molecule has 8 heteroatoms. The molecule has 74 valence electrons. The highest BCUT2D eigenvalue weighted by Gasteiger charge is 2.12. The molecule has 0 aliphatic heterocycles. The Morgan fingerprint density at radius 3 is 2.17 bits per heavy atom. The summed E-state index contributed by atoms with van der Waals surface area (Å²) in [5.41, 5.74) is 0. The van der Waals surface area contributed by atoms with Gasteiger partial charge in [0, 0.05) is 19.1 Å². The van der Waals surface area contributed by atoms with Crippen molar-refractivity contribution in [1.29, 1.82) is 0 Å². The van der Waals surface area contributed by atoms with E-state index in [1.807, 2.05) is 0 Å². The summed E-state index contributed by atoms with van der Waals surface area (Å²) in [7, 11) is -3.43. The fourth-order valence-corrected chi connectivity index (χ4v) is 2.70. The van der Waals surface area contributed by atoms with Gasteiger partial charge in [-0.3, -0.25) is 9.13 Å². The highest BCUT2D eigenvalue weighted by atomic mass is 32.7. The van der Waals surface area contributed by atoms with Crippen molar-refractivity contribution in [3.8, 4) is 0 Å². The van der Waals surface area contributed by atoms with Gasteiger partial charge < -0.3 is 14.3 Å². The fraction of sp³-hybridized carbons (Fsp3) is 1.00. The molecular formula is C4H12O5P2S. The van der Waals surface area contributed by atoms with Gasteiger partial charge in [-0.25, -0.2) is 0 Å². The van der Waals surface area contributed by atoms with Gasteiger partial charge in [-0.05, 0) is 0 Å². The quantitative estimate of drug-likeness (QED) is 0.552. The molecule has 0 aromatic carbocycles. The molecule has 0 aromatic rings. The first kappa shape index (κ1) is 12.7. The summed E-state index contributed by atoms with van der Waals surface area (Å²) < 4.78 is 25.7. The molecule has 5 nitrogen and oxygen atoms in total. The Hall–Kier alpha value is 0.690. The Morgan fingerprint density at radius 2 is 1.83 bits per heavy atom. The van der Waals surface area contributed by atoms with Crippen LogP contribution in [-0.2, 0) is 13.7 Å². The highest BCUT2D eigenvalue weighted by molar-refractivity contribution is 8.56. The summed E-state index contributed by atoms with van der Waals surface area (Å²) >= 11 is 0.828. The lowest BCUT2D eigenvalue weighted by molar-refractivity contribution is 0.282.